The molecule has 0 atom stereocenters. The maximum atomic E-state index is 10.4. The molecular weight excluding hydrogens is 203 g/mol. The summed E-state index contributed by atoms with van der Waals surface area (Å²) in [5.74, 6) is 0. The zero-order chi connectivity index (χ0) is 7.71. The van der Waals surface area contributed by atoms with Gasteiger partial charge in [0.15, 0.2) is 0 Å². The van der Waals surface area contributed by atoms with E-state index in [0.29, 0.717) is 6.42 Å². The molecule has 0 aromatic carbocycles. The van der Waals surface area contributed by atoms with Crippen molar-refractivity contribution in [2.45, 2.75) is 32.3 Å². The molecule has 3 nitrogen and oxygen atoms in total. The van der Waals surface area contributed by atoms with Gasteiger partial charge in [-0.2, -0.15) is 0 Å². The van der Waals surface area contributed by atoms with E-state index in [1.165, 1.54) is 13.8 Å². The quantitative estimate of drug-likeness (QED) is 0.482. The first-order chi connectivity index (χ1) is 3.81. The first-order valence-electron chi connectivity index (χ1n) is 2.83. The number of hydrogen-bond acceptors (Lipinski definition) is 3. The van der Waals surface area contributed by atoms with E-state index in [1.807, 2.05) is 0 Å². The number of rotatable bonds is 2. The molecule has 0 heterocycles. The first-order valence-corrected chi connectivity index (χ1v) is 4.37. The summed E-state index contributed by atoms with van der Waals surface area (Å²) in [6.07, 6.45) is 0.372. The van der Waals surface area contributed by atoms with Gasteiger partial charge >= 0.3 is 17.1 Å². The molecule has 0 saturated carbocycles. The molecule has 0 aromatic heterocycles. The van der Waals surface area contributed by atoms with Crippen molar-refractivity contribution in [2.24, 2.45) is 0 Å². The van der Waals surface area contributed by atoms with Crippen LogP contribution in [-0.4, -0.2) is 5.16 Å². The summed E-state index contributed by atoms with van der Waals surface area (Å²) >= 11 is 0. The van der Waals surface area contributed by atoms with Crippen molar-refractivity contribution >= 4 is 7.60 Å². The summed E-state index contributed by atoms with van der Waals surface area (Å²) in [5, 5.41) is -1.08. The Bertz CT molecular complexity index is 140. The largest absolute Gasteiger partial charge is 2.00 e. The molecular formula is C5H11CuO3P. The van der Waals surface area contributed by atoms with Crippen LogP contribution in [0.3, 0.4) is 0 Å². The van der Waals surface area contributed by atoms with Crippen LogP contribution >= 0.6 is 7.60 Å². The predicted octanol–water partition coefficient (Wildman–Crippen LogP) is 0.0862. The molecule has 0 aliphatic rings. The molecule has 5 heteroatoms. The summed E-state index contributed by atoms with van der Waals surface area (Å²) in [7, 11) is -4.37. The maximum absolute atomic E-state index is 10.4. The van der Waals surface area contributed by atoms with Gasteiger partial charge < -0.3 is 14.4 Å². The van der Waals surface area contributed by atoms with Crippen LogP contribution in [0.5, 0.6) is 0 Å². The average Bonchev–Trinajstić information content (AvgIpc) is 1.64. The Labute approximate surface area is 71.8 Å². The van der Waals surface area contributed by atoms with Crippen LogP contribution in [0.1, 0.15) is 27.2 Å². The normalized spacial score (nSPS) is 12.5. The van der Waals surface area contributed by atoms with Crippen LogP contribution in [0.15, 0.2) is 0 Å². The second-order valence-electron chi connectivity index (χ2n) is 2.66. The molecule has 0 saturated heterocycles. The Kier molecular flexibility index (Phi) is 5.16. The maximum Gasteiger partial charge on any atom is 2.00 e. The van der Waals surface area contributed by atoms with Gasteiger partial charge in [0.05, 0.1) is 0 Å². The van der Waals surface area contributed by atoms with E-state index in [0.717, 1.165) is 0 Å². The van der Waals surface area contributed by atoms with Gasteiger partial charge in [-0.3, -0.25) is 0 Å². The van der Waals surface area contributed by atoms with Gasteiger partial charge in [-0.25, -0.2) is 0 Å². The van der Waals surface area contributed by atoms with E-state index >= 15 is 0 Å². The van der Waals surface area contributed by atoms with Crippen molar-refractivity contribution in [3.63, 3.8) is 0 Å². The van der Waals surface area contributed by atoms with Crippen LogP contribution < -0.4 is 9.79 Å². The summed E-state index contributed by atoms with van der Waals surface area (Å²) < 4.78 is 10.4. The third-order valence-electron chi connectivity index (χ3n) is 1.61. The standard InChI is InChI=1S/C5H13O3P.Cu/c1-4-5(2,3)9(6,7)8;/h4H2,1-3H3,(H2,6,7,8);/q;+2/p-2. The summed E-state index contributed by atoms with van der Waals surface area (Å²) in [6, 6.07) is 0. The van der Waals surface area contributed by atoms with Crippen molar-refractivity contribution in [1.29, 1.82) is 0 Å². The van der Waals surface area contributed by atoms with Crippen LogP contribution in [0.25, 0.3) is 0 Å². The Balaban J connectivity index is 0. The number of hydrogen-bond donors (Lipinski definition) is 0. The molecule has 0 unspecified atom stereocenters. The van der Waals surface area contributed by atoms with Crippen molar-refractivity contribution in [2.75, 3.05) is 0 Å². The smallest absolute Gasteiger partial charge is 0.810 e. The molecule has 0 bridgehead atoms. The van der Waals surface area contributed by atoms with Crippen molar-refractivity contribution in [3.8, 4) is 0 Å². The molecule has 0 N–H and O–H groups in total. The van der Waals surface area contributed by atoms with Gasteiger partial charge in [0.25, 0.3) is 0 Å². The third kappa shape index (κ3) is 3.18. The fourth-order valence-electron chi connectivity index (χ4n) is 0.194. The summed E-state index contributed by atoms with van der Waals surface area (Å²) in [5.41, 5.74) is 0. The molecule has 0 rings (SSSR count). The SMILES string of the molecule is CCC(C)(C)P(=O)([O-])[O-].[Cu+2]. The molecule has 0 fully saturated rings. The predicted molar refractivity (Wildman–Crippen MR) is 32.0 cm³/mol. The molecule has 0 spiro atoms. The Morgan fingerprint density at radius 1 is 1.40 bits per heavy atom. The zero-order valence-electron chi connectivity index (χ0n) is 6.18. The van der Waals surface area contributed by atoms with Crippen molar-refractivity contribution in [1.82, 2.24) is 0 Å². The van der Waals surface area contributed by atoms with Gasteiger partial charge in [-0.05, 0) is 11.6 Å². The van der Waals surface area contributed by atoms with Crippen LogP contribution in [0, 0.1) is 0 Å². The van der Waals surface area contributed by atoms with Crippen LogP contribution in [0.4, 0.5) is 0 Å². The molecule has 0 aromatic rings. The fraction of sp³-hybridized carbons (Fsp3) is 1.00. The second kappa shape index (κ2) is 3.89. The Hall–Kier alpha value is 0.669. The molecule has 0 amide bonds. The van der Waals surface area contributed by atoms with Crippen molar-refractivity contribution in [3.05, 3.63) is 0 Å². The van der Waals surface area contributed by atoms with E-state index in [1.54, 1.807) is 6.92 Å². The van der Waals surface area contributed by atoms with Gasteiger partial charge in [-0.1, -0.05) is 28.4 Å². The molecule has 0 aliphatic heterocycles. The first kappa shape index (κ1) is 13.3. The van der Waals surface area contributed by atoms with Crippen LogP contribution in [0.2, 0.25) is 0 Å². The van der Waals surface area contributed by atoms with Crippen molar-refractivity contribution < 1.29 is 31.4 Å². The molecule has 65 valence electrons. The zero-order valence-corrected chi connectivity index (χ0v) is 8.02. The van der Waals surface area contributed by atoms with E-state index in [4.69, 9.17) is 0 Å². The van der Waals surface area contributed by atoms with Gasteiger partial charge in [0.1, 0.15) is 0 Å². The summed E-state index contributed by atoms with van der Waals surface area (Å²) in [4.78, 5) is 20.7. The third-order valence-corrected chi connectivity index (χ3v) is 3.41. The minimum Gasteiger partial charge on any atom is -0.810 e. The minimum absolute atomic E-state index is 0. The molecule has 10 heavy (non-hydrogen) atoms. The average molecular weight is 214 g/mol. The van der Waals surface area contributed by atoms with E-state index < -0.39 is 12.8 Å². The van der Waals surface area contributed by atoms with E-state index in [2.05, 4.69) is 0 Å². The Morgan fingerprint density at radius 3 is 1.70 bits per heavy atom. The topological polar surface area (TPSA) is 63.2 Å². The minimum atomic E-state index is -4.37. The fourth-order valence-corrected chi connectivity index (χ4v) is 0.581. The Morgan fingerprint density at radius 2 is 1.70 bits per heavy atom. The molecule has 1 radical (unpaired) electrons. The van der Waals surface area contributed by atoms with E-state index in [-0.39, 0.29) is 17.1 Å². The molecule has 0 aliphatic carbocycles. The van der Waals surface area contributed by atoms with Gasteiger partial charge in [0, 0.05) is 0 Å². The summed E-state index contributed by atoms with van der Waals surface area (Å²) in [6.45, 7) is 4.56. The van der Waals surface area contributed by atoms with E-state index in [9.17, 15) is 14.4 Å². The van der Waals surface area contributed by atoms with Crippen LogP contribution in [-0.2, 0) is 21.6 Å². The monoisotopic (exact) mass is 213 g/mol. The van der Waals surface area contributed by atoms with Gasteiger partial charge in [-0.15, -0.1) is 0 Å². The van der Waals surface area contributed by atoms with Gasteiger partial charge in [0.2, 0.25) is 0 Å². The second-order valence-corrected chi connectivity index (χ2v) is 4.87.